The third kappa shape index (κ3) is 2.24. The molecular formula is C11H17N3O2. The lowest BCUT2D eigenvalue weighted by atomic mass is 9.91. The van der Waals surface area contributed by atoms with Gasteiger partial charge in [0.25, 0.3) is 5.56 Å². The van der Waals surface area contributed by atoms with Crippen molar-refractivity contribution in [1.29, 1.82) is 0 Å². The van der Waals surface area contributed by atoms with Gasteiger partial charge in [-0.25, -0.2) is 4.98 Å². The van der Waals surface area contributed by atoms with Gasteiger partial charge in [-0.05, 0) is 26.2 Å². The van der Waals surface area contributed by atoms with Gasteiger partial charge in [-0.3, -0.25) is 4.79 Å². The van der Waals surface area contributed by atoms with Crippen LogP contribution < -0.4 is 10.5 Å². The fraction of sp³-hybridized carbons (Fsp3) is 0.636. The minimum Gasteiger partial charge on any atom is -0.395 e. The lowest BCUT2D eigenvalue weighted by Crippen LogP contribution is -2.43. The fourth-order valence-electron chi connectivity index (χ4n) is 2.00. The average Bonchev–Trinajstić information content (AvgIpc) is 2.12. The Morgan fingerprint density at radius 3 is 2.88 bits per heavy atom. The number of nitrogens with zero attached hydrogens (tertiary/aromatic N) is 2. The zero-order valence-electron chi connectivity index (χ0n) is 9.44. The number of aliphatic hydroxyl groups is 1. The van der Waals surface area contributed by atoms with Gasteiger partial charge in [-0.15, -0.1) is 0 Å². The van der Waals surface area contributed by atoms with Crippen molar-refractivity contribution in [2.75, 3.05) is 18.1 Å². The van der Waals surface area contributed by atoms with Crippen LogP contribution in [-0.4, -0.2) is 34.3 Å². The van der Waals surface area contributed by atoms with Gasteiger partial charge in [0, 0.05) is 18.7 Å². The van der Waals surface area contributed by atoms with Crippen LogP contribution in [0.3, 0.4) is 0 Å². The van der Waals surface area contributed by atoms with Crippen LogP contribution in [0.4, 0.5) is 5.82 Å². The number of hydrogen-bond donors (Lipinski definition) is 2. The van der Waals surface area contributed by atoms with Crippen LogP contribution in [-0.2, 0) is 0 Å². The highest BCUT2D eigenvalue weighted by Gasteiger charge is 2.25. The molecule has 1 heterocycles. The van der Waals surface area contributed by atoms with Crippen molar-refractivity contribution >= 4 is 5.82 Å². The molecule has 1 aromatic heterocycles. The van der Waals surface area contributed by atoms with Crippen LogP contribution in [0.5, 0.6) is 0 Å². The summed E-state index contributed by atoms with van der Waals surface area (Å²) >= 11 is 0. The number of nitrogens with one attached hydrogen (secondary N) is 1. The second kappa shape index (κ2) is 4.65. The molecule has 0 amide bonds. The molecule has 5 nitrogen and oxygen atoms in total. The van der Waals surface area contributed by atoms with Crippen molar-refractivity contribution in [2.24, 2.45) is 0 Å². The number of hydrogen-bond acceptors (Lipinski definition) is 4. The Morgan fingerprint density at radius 2 is 2.38 bits per heavy atom. The summed E-state index contributed by atoms with van der Waals surface area (Å²) < 4.78 is 0. The molecule has 0 unspecified atom stereocenters. The van der Waals surface area contributed by atoms with E-state index in [0.29, 0.717) is 24.2 Å². The number of aromatic nitrogens is 2. The summed E-state index contributed by atoms with van der Waals surface area (Å²) in [4.78, 5) is 20.3. The van der Waals surface area contributed by atoms with E-state index in [1.807, 2.05) is 4.90 Å². The van der Waals surface area contributed by atoms with E-state index in [2.05, 4.69) is 9.97 Å². The molecule has 1 aliphatic rings. The first-order valence-electron chi connectivity index (χ1n) is 5.66. The van der Waals surface area contributed by atoms with Gasteiger partial charge in [-0.2, -0.15) is 0 Å². The van der Waals surface area contributed by atoms with E-state index < -0.39 is 0 Å². The van der Waals surface area contributed by atoms with Gasteiger partial charge in [0.05, 0.1) is 6.61 Å². The van der Waals surface area contributed by atoms with Crippen molar-refractivity contribution in [3.63, 3.8) is 0 Å². The van der Waals surface area contributed by atoms with E-state index >= 15 is 0 Å². The van der Waals surface area contributed by atoms with Crippen molar-refractivity contribution in [3.8, 4) is 0 Å². The van der Waals surface area contributed by atoms with E-state index in [-0.39, 0.29) is 12.2 Å². The predicted molar refractivity (Wildman–Crippen MR) is 61.7 cm³/mol. The molecule has 2 N–H and O–H groups in total. The van der Waals surface area contributed by atoms with Gasteiger partial charge in [0.2, 0.25) is 0 Å². The predicted octanol–water partition coefficient (Wildman–Crippen LogP) is 0.430. The Hall–Kier alpha value is -1.36. The van der Waals surface area contributed by atoms with Gasteiger partial charge in [-0.1, -0.05) is 0 Å². The molecule has 0 saturated heterocycles. The maximum absolute atomic E-state index is 11.4. The van der Waals surface area contributed by atoms with Crippen molar-refractivity contribution in [3.05, 3.63) is 22.2 Å². The standard InChI is InChI=1S/C11H17N3O2/c1-8-12-10(7-11(16)13-8)14(5-6-15)9-3-2-4-9/h7,9,15H,2-6H2,1H3,(H,12,13,16). The molecule has 0 spiro atoms. The highest BCUT2D eigenvalue weighted by atomic mass is 16.3. The largest absolute Gasteiger partial charge is 0.395 e. The van der Waals surface area contributed by atoms with Crippen molar-refractivity contribution in [1.82, 2.24) is 9.97 Å². The highest BCUT2D eigenvalue weighted by Crippen LogP contribution is 2.27. The Labute approximate surface area is 94.1 Å². The van der Waals surface area contributed by atoms with Gasteiger partial charge < -0.3 is 15.0 Å². The number of aryl methyl sites for hydroxylation is 1. The van der Waals surface area contributed by atoms with E-state index in [9.17, 15) is 4.79 Å². The molecule has 16 heavy (non-hydrogen) atoms. The van der Waals surface area contributed by atoms with E-state index in [4.69, 9.17) is 5.11 Å². The SMILES string of the molecule is Cc1nc(N(CCO)C2CCC2)cc(=O)[nH]1. The van der Waals surface area contributed by atoms with Crippen molar-refractivity contribution in [2.45, 2.75) is 32.2 Å². The summed E-state index contributed by atoms with van der Waals surface area (Å²) in [6, 6.07) is 1.93. The molecule has 2 rings (SSSR count). The molecule has 0 aliphatic heterocycles. The molecular weight excluding hydrogens is 206 g/mol. The quantitative estimate of drug-likeness (QED) is 0.776. The average molecular weight is 223 g/mol. The van der Waals surface area contributed by atoms with Crippen LogP contribution in [0, 0.1) is 6.92 Å². The summed E-state index contributed by atoms with van der Waals surface area (Å²) in [6.07, 6.45) is 3.45. The van der Waals surface area contributed by atoms with E-state index in [1.54, 1.807) is 6.92 Å². The minimum atomic E-state index is -0.134. The Bertz CT molecular complexity index is 412. The topological polar surface area (TPSA) is 69.2 Å². The molecule has 88 valence electrons. The maximum atomic E-state index is 11.4. The zero-order valence-corrected chi connectivity index (χ0v) is 9.44. The van der Waals surface area contributed by atoms with Gasteiger partial charge >= 0.3 is 0 Å². The number of H-pyrrole nitrogens is 1. The fourth-order valence-corrected chi connectivity index (χ4v) is 2.00. The number of rotatable bonds is 4. The summed E-state index contributed by atoms with van der Waals surface area (Å²) in [5.74, 6) is 1.30. The first-order chi connectivity index (χ1) is 7.70. The van der Waals surface area contributed by atoms with Crippen LogP contribution >= 0.6 is 0 Å². The Kier molecular flexibility index (Phi) is 3.24. The number of anilines is 1. The first-order valence-corrected chi connectivity index (χ1v) is 5.66. The second-order valence-electron chi connectivity index (χ2n) is 4.19. The molecule has 0 aromatic carbocycles. The molecule has 1 aromatic rings. The molecule has 1 saturated carbocycles. The zero-order chi connectivity index (χ0) is 11.5. The molecule has 5 heteroatoms. The smallest absolute Gasteiger partial charge is 0.252 e. The maximum Gasteiger partial charge on any atom is 0.252 e. The highest BCUT2D eigenvalue weighted by molar-refractivity contribution is 5.39. The third-order valence-corrected chi connectivity index (χ3v) is 3.00. The summed E-state index contributed by atoms with van der Waals surface area (Å²) in [7, 11) is 0. The van der Waals surface area contributed by atoms with Gasteiger partial charge in [0.1, 0.15) is 11.6 Å². The van der Waals surface area contributed by atoms with Crippen LogP contribution in [0.2, 0.25) is 0 Å². The van der Waals surface area contributed by atoms with Crippen molar-refractivity contribution < 1.29 is 5.11 Å². The summed E-state index contributed by atoms with van der Waals surface area (Å²) in [5, 5.41) is 9.05. The Balaban J connectivity index is 2.26. The lowest BCUT2D eigenvalue weighted by molar-refractivity contribution is 0.283. The minimum absolute atomic E-state index is 0.0873. The second-order valence-corrected chi connectivity index (χ2v) is 4.19. The Morgan fingerprint density at radius 1 is 1.62 bits per heavy atom. The number of aliphatic hydroxyl groups excluding tert-OH is 1. The van der Waals surface area contributed by atoms with Crippen LogP contribution in [0.15, 0.2) is 10.9 Å². The lowest BCUT2D eigenvalue weighted by Gasteiger charge is -2.38. The van der Waals surface area contributed by atoms with Crippen LogP contribution in [0.1, 0.15) is 25.1 Å². The third-order valence-electron chi connectivity index (χ3n) is 3.00. The molecule has 1 aliphatic carbocycles. The molecule has 1 fully saturated rings. The molecule has 0 atom stereocenters. The van der Waals surface area contributed by atoms with Gasteiger partial charge in [0.15, 0.2) is 0 Å². The summed E-state index contributed by atoms with van der Waals surface area (Å²) in [6.45, 7) is 2.40. The monoisotopic (exact) mass is 223 g/mol. The van der Waals surface area contributed by atoms with E-state index in [1.165, 1.54) is 12.5 Å². The summed E-state index contributed by atoms with van der Waals surface area (Å²) in [5.41, 5.74) is -0.134. The number of aromatic amines is 1. The van der Waals surface area contributed by atoms with Crippen LogP contribution in [0.25, 0.3) is 0 Å². The molecule has 0 bridgehead atoms. The first kappa shape index (κ1) is 11.1. The molecule has 0 radical (unpaired) electrons. The normalized spacial score (nSPS) is 15.9. The van der Waals surface area contributed by atoms with E-state index in [0.717, 1.165) is 12.8 Å².